The van der Waals surface area contributed by atoms with E-state index >= 15 is 4.79 Å². The maximum Gasteiger partial charge on any atom is 0.337 e. The van der Waals surface area contributed by atoms with E-state index < -0.39 is 5.97 Å². The summed E-state index contributed by atoms with van der Waals surface area (Å²) in [6, 6.07) is 11.0. The highest BCUT2D eigenvalue weighted by atomic mass is 35.5. The van der Waals surface area contributed by atoms with Crippen LogP contribution in [0.5, 0.6) is 5.75 Å². The molecule has 10 nitrogen and oxygen atoms in total. The number of nitrogen functional groups attached to an aromatic ring is 1. The summed E-state index contributed by atoms with van der Waals surface area (Å²) in [4.78, 5) is 28.9. The van der Waals surface area contributed by atoms with Crippen LogP contribution in [-0.2, 0) is 20.5 Å². The molecule has 7 rings (SSSR count). The molecule has 0 fully saturated rings. The molecule has 1 aliphatic heterocycles. The van der Waals surface area contributed by atoms with Crippen molar-refractivity contribution in [2.45, 2.75) is 53.5 Å². The van der Waals surface area contributed by atoms with E-state index in [1.807, 2.05) is 63.7 Å². The van der Waals surface area contributed by atoms with Crippen molar-refractivity contribution in [3.63, 3.8) is 0 Å². The molecule has 3 N–H and O–H groups in total. The molecule has 0 saturated heterocycles. The van der Waals surface area contributed by atoms with Gasteiger partial charge >= 0.3 is 5.97 Å². The van der Waals surface area contributed by atoms with Crippen LogP contribution in [0.25, 0.3) is 32.9 Å². The van der Waals surface area contributed by atoms with E-state index in [4.69, 9.17) is 38.8 Å². The second-order valence-corrected chi connectivity index (χ2v) is 14.5. The molecule has 0 aliphatic carbocycles. The number of amides is 1. The van der Waals surface area contributed by atoms with E-state index in [1.54, 1.807) is 34.8 Å². The number of halogens is 2. The number of aryl methyl sites for hydroxylation is 6. The van der Waals surface area contributed by atoms with Crippen LogP contribution >= 0.6 is 23.2 Å². The molecule has 6 aromatic rings. The summed E-state index contributed by atoms with van der Waals surface area (Å²) in [7, 11) is 3.70. The van der Waals surface area contributed by atoms with Crippen molar-refractivity contribution < 1.29 is 19.4 Å². The summed E-state index contributed by atoms with van der Waals surface area (Å²) in [6.07, 6.45) is 2.76. The lowest BCUT2D eigenvalue weighted by molar-refractivity contribution is 0.0698. The van der Waals surface area contributed by atoms with Gasteiger partial charge in [0, 0.05) is 71.2 Å². The number of aromatic nitrogens is 4. The molecule has 0 spiro atoms. The Balaban J connectivity index is 1.40. The van der Waals surface area contributed by atoms with Gasteiger partial charge in [0.2, 0.25) is 0 Å². The van der Waals surface area contributed by atoms with Crippen molar-refractivity contribution >= 4 is 68.3 Å². The van der Waals surface area contributed by atoms with Gasteiger partial charge in [-0.2, -0.15) is 5.10 Å². The van der Waals surface area contributed by atoms with Crippen LogP contribution in [0.1, 0.15) is 68.3 Å². The van der Waals surface area contributed by atoms with Crippen LogP contribution in [0, 0.1) is 27.7 Å². The number of carboxylic acid groups (broad SMARTS) is 1. The summed E-state index contributed by atoms with van der Waals surface area (Å²) in [5.41, 5.74) is 15.9. The third kappa shape index (κ3) is 5.52. The smallest absolute Gasteiger partial charge is 0.337 e. The van der Waals surface area contributed by atoms with Crippen molar-refractivity contribution in [3.05, 3.63) is 92.0 Å². The summed E-state index contributed by atoms with van der Waals surface area (Å²) in [5.74, 6) is -0.509. The molecular formula is C39H40Cl2N6O4. The van der Waals surface area contributed by atoms with Crippen molar-refractivity contribution in [2.24, 2.45) is 14.1 Å². The molecule has 1 unspecified atom stereocenters. The predicted molar refractivity (Wildman–Crippen MR) is 204 cm³/mol. The fraction of sp³-hybridized carbons (Fsp3) is 0.308. The maximum atomic E-state index is 15.0. The number of carboxylic acids is 1. The number of nitrogens with zero attached hydrogens (tertiary/aromatic N) is 5. The Kier molecular flexibility index (Phi) is 8.58. The first-order valence-corrected chi connectivity index (χ1v) is 17.6. The molecule has 264 valence electrons. The number of nitrogens with two attached hydrogens (primary N) is 1. The lowest BCUT2D eigenvalue weighted by Crippen LogP contribution is -2.43. The largest absolute Gasteiger partial charge is 0.494 e. The Bertz CT molecular complexity index is 2410. The van der Waals surface area contributed by atoms with Crippen LogP contribution < -0.4 is 15.4 Å². The van der Waals surface area contributed by atoms with Crippen LogP contribution in [0.15, 0.2) is 42.6 Å². The fourth-order valence-corrected chi connectivity index (χ4v) is 8.21. The van der Waals surface area contributed by atoms with E-state index in [1.165, 1.54) is 0 Å². The Hall–Kier alpha value is -4.93. The highest BCUT2D eigenvalue weighted by Gasteiger charge is 2.38. The second-order valence-electron chi connectivity index (χ2n) is 13.7. The molecule has 4 heterocycles. The molecule has 3 aromatic carbocycles. The summed E-state index contributed by atoms with van der Waals surface area (Å²) < 4.78 is 11.9. The zero-order chi connectivity index (χ0) is 36.6. The van der Waals surface area contributed by atoms with Gasteiger partial charge in [-0.3, -0.25) is 9.48 Å². The Labute approximate surface area is 305 Å². The third-order valence-corrected chi connectivity index (χ3v) is 11.1. The first-order chi connectivity index (χ1) is 24.2. The standard InChI is InChI=1S/C39H40Cl2N6O4/c1-19-13-25(14-20(2)34(19)41)51-12-8-9-26-27-10-11-30(40)33(32-22(4)43-45(7)23(32)5)36(27)47-21(3)17-46(38(48)37(26)47)31-16-24(42)15-28-29(39(49)50)18-44(6)35(28)31/h10-11,13-16,18,21H,8-9,12,17,42H2,1-7H3,(H,49,50). The minimum absolute atomic E-state index is 0.126. The van der Waals surface area contributed by atoms with Gasteiger partial charge in [0.1, 0.15) is 11.4 Å². The number of fused-ring (bicyclic) bond motifs is 4. The summed E-state index contributed by atoms with van der Waals surface area (Å²) in [6.45, 7) is 10.8. The van der Waals surface area contributed by atoms with Crippen molar-refractivity contribution in [2.75, 3.05) is 23.8 Å². The third-order valence-electron chi connectivity index (χ3n) is 10.2. The van der Waals surface area contributed by atoms with E-state index in [2.05, 4.69) is 11.5 Å². The van der Waals surface area contributed by atoms with Crippen molar-refractivity contribution in [3.8, 4) is 16.9 Å². The minimum Gasteiger partial charge on any atom is -0.494 e. The minimum atomic E-state index is -1.06. The van der Waals surface area contributed by atoms with Crippen LogP contribution in [0.4, 0.5) is 11.4 Å². The average Bonchev–Trinajstić information content (AvgIpc) is 3.67. The van der Waals surface area contributed by atoms with E-state index in [0.717, 1.165) is 60.9 Å². The molecule has 0 bridgehead atoms. The molecule has 51 heavy (non-hydrogen) atoms. The van der Waals surface area contributed by atoms with E-state index in [0.29, 0.717) is 59.0 Å². The fourth-order valence-electron chi connectivity index (χ4n) is 7.86. The van der Waals surface area contributed by atoms with Gasteiger partial charge in [-0.25, -0.2) is 4.79 Å². The number of rotatable bonds is 8. The molecule has 0 saturated carbocycles. The quantitative estimate of drug-likeness (QED) is 0.120. The number of carbonyl (C=O) groups is 2. The second kappa shape index (κ2) is 12.7. The van der Waals surface area contributed by atoms with Crippen molar-refractivity contribution in [1.82, 2.24) is 18.9 Å². The SMILES string of the molecule is Cc1cc(OCCCc2c3n(c4c(-c5c(C)nn(C)c5C)c(Cl)ccc24)C(C)CN(c2cc(N)cc4c(C(=O)O)cn(C)c24)C3=O)cc(C)c1Cl. The highest BCUT2D eigenvalue weighted by molar-refractivity contribution is 6.35. The number of hydrogen-bond acceptors (Lipinski definition) is 5. The summed E-state index contributed by atoms with van der Waals surface area (Å²) >= 11 is 13.5. The Morgan fingerprint density at radius 3 is 2.37 bits per heavy atom. The number of carbonyl (C=O) groups excluding carboxylic acids is 1. The zero-order valence-corrected chi connectivity index (χ0v) is 31.2. The van der Waals surface area contributed by atoms with E-state index in [9.17, 15) is 9.90 Å². The van der Waals surface area contributed by atoms with Gasteiger partial charge in [-0.1, -0.05) is 29.3 Å². The van der Waals surface area contributed by atoms with Gasteiger partial charge in [0.05, 0.1) is 39.6 Å². The number of aromatic carboxylic acids is 1. The van der Waals surface area contributed by atoms with Crippen LogP contribution in [0.3, 0.4) is 0 Å². The number of anilines is 2. The van der Waals surface area contributed by atoms with Gasteiger partial charge in [0.25, 0.3) is 5.91 Å². The van der Waals surface area contributed by atoms with Crippen LogP contribution in [-0.4, -0.2) is 49.0 Å². The van der Waals surface area contributed by atoms with Gasteiger partial charge in [0.15, 0.2) is 0 Å². The monoisotopic (exact) mass is 726 g/mol. The summed E-state index contributed by atoms with van der Waals surface area (Å²) in [5, 5.41) is 17.4. The highest BCUT2D eigenvalue weighted by Crippen LogP contribution is 2.46. The Morgan fingerprint density at radius 2 is 1.73 bits per heavy atom. The molecule has 3 aromatic heterocycles. The predicted octanol–water partition coefficient (Wildman–Crippen LogP) is 8.59. The average molecular weight is 728 g/mol. The molecule has 1 aliphatic rings. The molecule has 1 amide bonds. The van der Waals surface area contributed by atoms with Crippen LogP contribution in [0.2, 0.25) is 10.0 Å². The molecule has 1 atom stereocenters. The Morgan fingerprint density at radius 1 is 1.02 bits per heavy atom. The molecular weight excluding hydrogens is 687 g/mol. The van der Waals surface area contributed by atoms with Gasteiger partial charge < -0.3 is 29.6 Å². The first kappa shape index (κ1) is 34.5. The zero-order valence-electron chi connectivity index (χ0n) is 29.7. The number of benzene rings is 3. The lowest BCUT2D eigenvalue weighted by Gasteiger charge is -2.35. The van der Waals surface area contributed by atoms with E-state index in [-0.39, 0.29) is 17.5 Å². The normalized spacial score (nSPS) is 14.6. The molecule has 12 heteroatoms. The first-order valence-electron chi connectivity index (χ1n) is 16.9. The van der Waals surface area contributed by atoms with Gasteiger partial charge in [-0.15, -0.1) is 0 Å². The van der Waals surface area contributed by atoms with Crippen molar-refractivity contribution in [1.29, 1.82) is 0 Å². The topological polar surface area (TPSA) is 121 Å². The van der Waals surface area contributed by atoms with Gasteiger partial charge in [-0.05, 0) is 94.5 Å². The molecule has 0 radical (unpaired) electrons. The lowest BCUT2D eigenvalue weighted by atomic mass is 9.98. The number of hydrogen-bond donors (Lipinski definition) is 2. The maximum absolute atomic E-state index is 15.0. The number of ether oxygens (including phenoxy) is 1.